The minimum Gasteiger partial charge on any atom is -0.383 e. The van der Waals surface area contributed by atoms with Crippen LogP contribution in [-0.2, 0) is 4.74 Å². The highest BCUT2D eigenvalue weighted by molar-refractivity contribution is 4.72. The molecule has 1 unspecified atom stereocenters. The Morgan fingerprint density at radius 2 is 1.71 bits per heavy atom. The normalized spacial score (nSPS) is 14.4. The highest BCUT2D eigenvalue weighted by atomic mass is 16.5. The Morgan fingerprint density at radius 3 is 2.07 bits per heavy atom. The summed E-state index contributed by atoms with van der Waals surface area (Å²) < 4.78 is 5.24. The Morgan fingerprint density at radius 1 is 1.14 bits per heavy atom. The van der Waals surface area contributed by atoms with Gasteiger partial charge in [-0.15, -0.1) is 0 Å². The highest BCUT2D eigenvalue weighted by Crippen LogP contribution is 2.02. The van der Waals surface area contributed by atoms with Crippen molar-refractivity contribution in [2.24, 2.45) is 0 Å². The molecule has 0 aliphatic carbocycles. The molecule has 0 aliphatic rings. The number of likely N-dealkylation sites (N-methyl/N-ethyl adjacent to an activating group) is 2. The summed E-state index contributed by atoms with van der Waals surface area (Å²) in [6.45, 7) is 9.56. The predicted octanol–water partition coefficient (Wildman–Crippen LogP) is 1.29. The summed E-state index contributed by atoms with van der Waals surface area (Å²) in [7, 11) is 6.08. The van der Waals surface area contributed by atoms with Crippen molar-refractivity contribution in [2.75, 3.05) is 40.9 Å². The zero-order valence-corrected chi connectivity index (χ0v) is 10.6. The van der Waals surface area contributed by atoms with Crippen LogP contribution >= 0.6 is 0 Å². The van der Waals surface area contributed by atoms with E-state index in [1.165, 1.54) is 0 Å². The van der Waals surface area contributed by atoms with Crippen LogP contribution in [0.2, 0.25) is 0 Å². The van der Waals surface area contributed by atoms with E-state index < -0.39 is 0 Å². The third-order valence-electron chi connectivity index (χ3n) is 2.86. The lowest BCUT2D eigenvalue weighted by molar-refractivity contribution is 0.0802. The van der Waals surface area contributed by atoms with Crippen LogP contribution in [0, 0.1) is 0 Å². The summed E-state index contributed by atoms with van der Waals surface area (Å²) in [4.78, 5) is 4.69. The molecule has 0 spiro atoms. The second-order valence-electron chi connectivity index (χ2n) is 4.22. The molecule has 0 saturated carbocycles. The number of methoxy groups -OCH3 is 1. The second-order valence-corrected chi connectivity index (χ2v) is 4.22. The summed E-state index contributed by atoms with van der Waals surface area (Å²) in [6.07, 6.45) is 0. The molecule has 0 rings (SSSR count). The van der Waals surface area contributed by atoms with Gasteiger partial charge in [0.1, 0.15) is 0 Å². The van der Waals surface area contributed by atoms with E-state index >= 15 is 0 Å². The largest absolute Gasteiger partial charge is 0.383 e. The minimum atomic E-state index is 0.498. The third kappa shape index (κ3) is 4.94. The molecular weight excluding hydrogens is 176 g/mol. The van der Waals surface area contributed by atoms with Crippen LogP contribution < -0.4 is 0 Å². The SMILES string of the molecule is CCN(C)C(COC)CN(C)C(C)C. The average molecular weight is 202 g/mol. The van der Waals surface area contributed by atoms with Crippen molar-refractivity contribution < 1.29 is 4.74 Å². The van der Waals surface area contributed by atoms with Crippen molar-refractivity contribution >= 4 is 0 Å². The van der Waals surface area contributed by atoms with Gasteiger partial charge in [-0.05, 0) is 34.5 Å². The van der Waals surface area contributed by atoms with Crippen molar-refractivity contribution in [1.29, 1.82) is 0 Å². The van der Waals surface area contributed by atoms with Crippen LogP contribution in [0.25, 0.3) is 0 Å². The molecule has 3 heteroatoms. The van der Waals surface area contributed by atoms with Crippen LogP contribution in [-0.4, -0.2) is 62.8 Å². The van der Waals surface area contributed by atoms with E-state index in [0.717, 1.165) is 19.7 Å². The summed E-state index contributed by atoms with van der Waals surface area (Å²) in [6, 6.07) is 1.09. The molecule has 0 aromatic carbocycles. The first-order chi connectivity index (χ1) is 6.52. The first kappa shape index (κ1) is 13.9. The Hall–Kier alpha value is -0.120. The number of hydrogen-bond donors (Lipinski definition) is 0. The van der Waals surface area contributed by atoms with Crippen LogP contribution in [0.3, 0.4) is 0 Å². The molecule has 0 aliphatic heterocycles. The molecule has 0 saturated heterocycles. The smallest absolute Gasteiger partial charge is 0.0630 e. The van der Waals surface area contributed by atoms with Gasteiger partial charge in [0, 0.05) is 25.7 Å². The van der Waals surface area contributed by atoms with Gasteiger partial charge in [-0.2, -0.15) is 0 Å². The molecule has 0 N–H and O–H groups in total. The Kier molecular flexibility index (Phi) is 7.15. The van der Waals surface area contributed by atoms with E-state index in [9.17, 15) is 0 Å². The fourth-order valence-electron chi connectivity index (χ4n) is 1.31. The Labute approximate surface area is 89.0 Å². The van der Waals surface area contributed by atoms with Crippen molar-refractivity contribution in [3.8, 4) is 0 Å². The van der Waals surface area contributed by atoms with Gasteiger partial charge < -0.3 is 14.5 Å². The molecule has 0 fully saturated rings. The number of nitrogens with zero attached hydrogens (tertiary/aromatic N) is 2. The zero-order chi connectivity index (χ0) is 11.1. The Bertz CT molecular complexity index is 139. The summed E-state index contributed by atoms with van der Waals surface area (Å²) >= 11 is 0. The molecule has 14 heavy (non-hydrogen) atoms. The van der Waals surface area contributed by atoms with E-state index in [2.05, 4.69) is 44.7 Å². The molecule has 0 radical (unpaired) electrons. The summed E-state index contributed by atoms with van der Waals surface area (Å²) in [5.74, 6) is 0. The van der Waals surface area contributed by atoms with Gasteiger partial charge >= 0.3 is 0 Å². The summed E-state index contributed by atoms with van der Waals surface area (Å²) in [5.41, 5.74) is 0. The van der Waals surface area contributed by atoms with Crippen molar-refractivity contribution in [1.82, 2.24) is 9.80 Å². The van der Waals surface area contributed by atoms with Gasteiger partial charge in [0.25, 0.3) is 0 Å². The van der Waals surface area contributed by atoms with E-state index in [0.29, 0.717) is 12.1 Å². The average Bonchev–Trinajstić information content (AvgIpc) is 2.15. The van der Waals surface area contributed by atoms with Crippen LogP contribution in [0.15, 0.2) is 0 Å². The molecule has 0 heterocycles. The molecule has 0 bridgehead atoms. The molecule has 0 aromatic rings. The fourth-order valence-corrected chi connectivity index (χ4v) is 1.31. The van der Waals surface area contributed by atoms with Crippen LogP contribution in [0.1, 0.15) is 20.8 Å². The fraction of sp³-hybridized carbons (Fsp3) is 1.00. The lowest BCUT2D eigenvalue weighted by atomic mass is 10.2. The maximum atomic E-state index is 5.24. The van der Waals surface area contributed by atoms with E-state index in [-0.39, 0.29) is 0 Å². The molecule has 3 nitrogen and oxygen atoms in total. The quantitative estimate of drug-likeness (QED) is 0.619. The van der Waals surface area contributed by atoms with Gasteiger partial charge in [-0.25, -0.2) is 0 Å². The maximum absolute atomic E-state index is 5.24. The molecule has 0 aromatic heterocycles. The molecular formula is C11H26N2O. The minimum absolute atomic E-state index is 0.498. The van der Waals surface area contributed by atoms with E-state index in [4.69, 9.17) is 4.74 Å². The van der Waals surface area contributed by atoms with Gasteiger partial charge in [-0.1, -0.05) is 6.92 Å². The molecule has 0 amide bonds. The first-order valence-corrected chi connectivity index (χ1v) is 5.42. The van der Waals surface area contributed by atoms with Crippen LogP contribution in [0.4, 0.5) is 0 Å². The van der Waals surface area contributed by atoms with Gasteiger partial charge in [0.15, 0.2) is 0 Å². The van der Waals surface area contributed by atoms with E-state index in [1.54, 1.807) is 7.11 Å². The zero-order valence-electron chi connectivity index (χ0n) is 10.6. The predicted molar refractivity (Wildman–Crippen MR) is 61.7 cm³/mol. The number of hydrogen-bond acceptors (Lipinski definition) is 3. The monoisotopic (exact) mass is 202 g/mol. The Balaban J connectivity index is 4.07. The number of ether oxygens (including phenoxy) is 1. The third-order valence-corrected chi connectivity index (χ3v) is 2.86. The van der Waals surface area contributed by atoms with Crippen molar-refractivity contribution in [3.63, 3.8) is 0 Å². The molecule has 86 valence electrons. The second kappa shape index (κ2) is 7.21. The lowest BCUT2D eigenvalue weighted by Gasteiger charge is -2.32. The lowest BCUT2D eigenvalue weighted by Crippen LogP contribution is -2.45. The first-order valence-electron chi connectivity index (χ1n) is 5.42. The van der Waals surface area contributed by atoms with Crippen LogP contribution in [0.5, 0.6) is 0 Å². The maximum Gasteiger partial charge on any atom is 0.0630 e. The summed E-state index contributed by atoms with van der Waals surface area (Å²) in [5, 5.41) is 0. The van der Waals surface area contributed by atoms with Crippen molar-refractivity contribution in [3.05, 3.63) is 0 Å². The van der Waals surface area contributed by atoms with Gasteiger partial charge in [0.2, 0.25) is 0 Å². The highest BCUT2D eigenvalue weighted by Gasteiger charge is 2.16. The van der Waals surface area contributed by atoms with Gasteiger partial charge in [0.05, 0.1) is 6.61 Å². The van der Waals surface area contributed by atoms with Gasteiger partial charge in [-0.3, -0.25) is 0 Å². The number of rotatable bonds is 7. The van der Waals surface area contributed by atoms with Crippen molar-refractivity contribution in [2.45, 2.75) is 32.9 Å². The topological polar surface area (TPSA) is 15.7 Å². The molecule has 1 atom stereocenters. The van der Waals surface area contributed by atoms with E-state index in [1.807, 2.05) is 0 Å². The standard InChI is InChI=1S/C11H26N2O/c1-7-12(4)11(9-14-6)8-13(5)10(2)3/h10-11H,7-9H2,1-6H3.